The molecule has 0 unspecified atom stereocenters. The summed E-state index contributed by atoms with van der Waals surface area (Å²) in [6.07, 6.45) is 0. The summed E-state index contributed by atoms with van der Waals surface area (Å²) in [5, 5.41) is 7.32. The van der Waals surface area contributed by atoms with Crippen molar-refractivity contribution in [3.8, 4) is 22.3 Å². The summed E-state index contributed by atoms with van der Waals surface area (Å²) in [6.45, 7) is 0. The Morgan fingerprint density at radius 1 is 0.408 bits per heavy atom. The zero-order valence-electron chi connectivity index (χ0n) is 26.5. The molecule has 0 N–H and O–H groups in total. The fraction of sp³-hybridized carbons (Fsp3) is 0. The third kappa shape index (κ3) is 4.62. The smallest absolute Gasteiger partial charge is 0.137 e. The molecule has 0 spiro atoms. The average Bonchev–Trinajstić information content (AvgIpc) is 3.73. The maximum absolute atomic E-state index is 6.42. The van der Waals surface area contributed by atoms with E-state index in [0.29, 0.717) is 0 Å². The molecule has 0 fully saturated rings. The van der Waals surface area contributed by atoms with E-state index in [9.17, 15) is 0 Å². The van der Waals surface area contributed by atoms with Crippen LogP contribution in [-0.2, 0) is 0 Å². The normalized spacial score (nSPS) is 11.7. The molecule has 0 bridgehead atoms. The Balaban J connectivity index is 1.20. The van der Waals surface area contributed by atoms with Gasteiger partial charge in [-0.3, -0.25) is 0 Å². The van der Waals surface area contributed by atoms with Gasteiger partial charge in [-0.1, -0.05) is 121 Å². The van der Waals surface area contributed by atoms with Gasteiger partial charge in [-0.25, -0.2) is 0 Å². The van der Waals surface area contributed by atoms with Gasteiger partial charge in [0.15, 0.2) is 0 Å². The molecule has 0 saturated carbocycles. The van der Waals surface area contributed by atoms with Crippen LogP contribution in [0.15, 0.2) is 180 Å². The third-order valence-electron chi connectivity index (χ3n) is 9.65. The van der Waals surface area contributed by atoms with Crippen molar-refractivity contribution >= 4 is 81.3 Å². The Bertz CT molecular complexity index is 2860. The fourth-order valence-corrected chi connectivity index (χ4v) is 8.58. The Morgan fingerprint density at radius 2 is 1.10 bits per heavy atom. The van der Waals surface area contributed by atoms with Crippen LogP contribution in [0.2, 0.25) is 0 Å². The van der Waals surface area contributed by atoms with Crippen LogP contribution in [0.3, 0.4) is 0 Å². The topological polar surface area (TPSA) is 16.4 Å². The van der Waals surface area contributed by atoms with Crippen molar-refractivity contribution in [3.63, 3.8) is 0 Å². The monoisotopic (exact) mass is 643 g/mol. The number of fused-ring (bicyclic) bond motifs is 7. The molecule has 0 aliphatic carbocycles. The number of para-hydroxylation sites is 2. The van der Waals surface area contributed by atoms with Crippen molar-refractivity contribution in [3.05, 3.63) is 176 Å². The summed E-state index contributed by atoms with van der Waals surface area (Å²) in [4.78, 5) is 2.38. The minimum atomic E-state index is 0.873. The Morgan fingerprint density at radius 3 is 2.06 bits per heavy atom. The standard InChI is InChI=1S/C46H29NOS/c1-2-12-31-27-33(24-23-30(31)11-1)36-15-3-6-20-42(36)47(35-25-26-39-38-16-4-7-21-43(38)48-44(39)29-35)34-14-9-13-32(28-34)37-18-10-19-41-40-17-5-8-22-45(40)49-46(37)41/h1-29H. The fourth-order valence-electron chi connectivity index (χ4n) is 7.34. The zero-order chi connectivity index (χ0) is 32.3. The van der Waals surface area contributed by atoms with E-state index in [0.717, 1.165) is 44.6 Å². The third-order valence-corrected chi connectivity index (χ3v) is 10.9. The number of furan rings is 1. The summed E-state index contributed by atoms with van der Waals surface area (Å²) >= 11 is 1.87. The summed E-state index contributed by atoms with van der Waals surface area (Å²) in [7, 11) is 0. The number of anilines is 3. The molecule has 49 heavy (non-hydrogen) atoms. The lowest BCUT2D eigenvalue weighted by atomic mass is 9.98. The van der Waals surface area contributed by atoms with Gasteiger partial charge in [0.05, 0.1) is 5.69 Å². The van der Waals surface area contributed by atoms with Gasteiger partial charge in [0, 0.05) is 53.9 Å². The molecule has 2 nitrogen and oxygen atoms in total. The lowest BCUT2D eigenvalue weighted by molar-refractivity contribution is 0.669. The highest BCUT2D eigenvalue weighted by molar-refractivity contribution is 7.26. The summed E-state index contributed by atoms with van der Waals surface area (Å²) in [6, 6.07) is 63.3. The van der Waals surface area contributed by atoms with Crippen molar-refractivity contribution in [1.29, 1.82) is 0 Å². The summed E-state index contributed by atoms with van der Waals surface area (Å²) in [5.74, 6) is 0. The Labute approximate surface area is 287 Å². The largest absolute Gasteiger partial charge is 0.456 e. The number of hydrogen-bond donors (Lipinski definition) is 0. The predicted octanol–water partition coefficient (Wildman–Crippen LogP) is 13.9. The number of rotatable bonds is 5. The molecule has 0 atom stereocenters. The second-order valence-electron chi connectivity index (χ2n) is 12.5. The molecular weight excluding hydrogens is 615 g/mol. The van der Waals surface area contributed by atoms with Gasteiger partial charge in [0.2, 0.25) is 0 Å². The molecule has 0 saturated heterocycles. The van der Waals surface area contributed by atoms with Gasteiger partial charge in [-0.05, 0) is 76.0 Å². The van der Waals surface area contributed by atoms with Gasteiger partial charge in [0.1, 0.15) is 11.2 Å². The summed E-state index contributed by atoms with van der Waals surface area (Å²) in [5.41, 5.74) is 9.77. The number of hydrogen-bond acceptors (Lipinski definition) is 3. The molecule has 10 rings (SSSR count). The quantitative estimate of drug-likeness (QED) is 0.186. The summed E-state index contributed by atoms with van der Waals surface area (Å²) < 4.78 is 9.05. The van der Waals surface area contributed by atoms with Crippen molar-refractivity contribution in [1.82, 2.24) is 0 Å². The molecule has 8 aromatic carbocycles. The first-order valence-electron chi connectivity index (χ1n) is 16.6. The first-order valence-corrected chi connectivity index (χ1v) is 17.4. The number of benzene rings is 8. The van der Waals surface area contributed by atoms with Crippen LogP contribution in [0, 0.1) is 0 Å². The molecule has 0 aliphatic rings. The molecule has 230 valence electrons. The highest BCUT2D eigenvalue weighted by Gasteiger charge is 2.20. The van der Waals surface area contributed by atoms with Crippen LogP contribution in [0.1, 0.15) is 0 Å². The first-order chi connectivity index (χ1) is 24.3. The van der Waals surface area contributed by atoms with Crippen LogP contribution >= 0.6 is 11.3 Å². The first kappa shape index (κ1) is 27.9. The van der Waals surface area contributed by atoms with E-state index in [1.165, 1.54) is 47.6 Å². The van der Waals surface area contributed by atoms with Crippen molar-refractivity contribution in [2.75, 3.05) is 4.90 Å². The maximum Gasteiger partial charge on any atom is 0.137 e. The highest BCUT2D eigenvalue weighted by atomic mass is 32.1. The molecule has 0 amide bonds. The van der Waals surface area contributed by atoms with E-state index in [4.69, 9.17) is 4.42 Å². The lowest BCUT2D eigenvalue weighted by Gasteiger charge is -2.28. The second kappa shape index (κ2) is 11.2. The second-order valence-corrected chi connectivity index (χ2v) is 13.6. The number of nitrogens with zero attached hydrogens (tertiary/aromatic N) is 1. The van der Waals surface area contributed by atoms with E-state index in [1.54, 1.807) is 0 Å². The number of thiophene rings is 1. The van der Waals surface area contributed by atoms with Crippen molar-refractivity contribution in [2.24, 2.45) is 0 Å². The van der Waals surface area contributed by atoms with E-state index >= 15 is 0 Å². The van der Waals surface area contributed by atoms with E-state index < -0.39 is 0 Å². The molecule has 10 aromatic rings. The predicted molar refractivity (Wildman–Crippen MR) is 210 cm³/mol. The molecule has 2 aromatic heterocycles. The average molecular weight is 644 g/mol. The van der Waals surface area contributed by atoms with Crippen LogP contribution in [0.25, 0.3) is 75.1 Å². The van der Waals surface area contributed by atoms with Crippen LogP contribution in [0.5, 0.6) is 0 Å². The van der Waals surface area contributed by atoms with Gasteiger partial charge < -0.3 is 9.32 Å². The SMILES string of the molecule is c1cc(-c2cccc3c2sc2ccccc23)cc(N(c2ccc3c(c2)oc2ccccc23)c2ccccc2-c2ccc3ccccc3c2)c1. The molecule has 0 aliphatic heterocycles. The minimum Gasteiger partial charge on any atom is -0.456 e. The Hall–Kier alpha value is -6.16. The van der Waals surface area contributed by atoms with Crippen LogP contribution in [0.4, 0.5) is 17.1 Å². The van der Waals surface area contributed by atoms with Gasteiger partial charge in [-0.15, -0.1) is 11.3 Å². The van der Waals surface area contributed by atoms with Gasteiger partial charge in [0.25, 0.3) is 0 Å². The Kier molecular flexibility index (Phi) is 6.39. The van der Waals surface area contributed by atoms with E-state index in [2.05, 4.69) is 169 Å². The van der Waals surface area contributed by atoms with E-state index in [-0.39, 0.29) is 0 Å². The maximum atomic E-state index is 6.42. The van der Waals surface area contributed by atoms with Crippen molar-refractivity contribution in [2.45, 2.75) is 0 Å². The van der Waals surface area contributed by atoms with Crippen molar-refractivity contribution < 1.29 is 4.42 Å². The van der Waals surface area contributed by atoms with Gasteiger partial charge >= 0.3 is 0 Å². The molecular formula is C46H29NOS. The molecule has 0 radical (unpaired) electrons. The zero-order valence-corrected chi connectivity index (χ0v) is 27.3. The lowest BCUT2D eigenvalue weighted by Crippen LogP contribution is -2.11. The van der Waals surface area contributed by atoms with E-state index in [1.807, 2.05) is 23.5 Å². The van der Waals surface area contributed by atoms with Crippen LogP contribution in [-0.4, -0.2) is 0 Å². The van der Waals surface area contributed by atoms with Gasteiger partial charge in [-0.2, -0.15) is 0 Å². The molecule has 2 heterocycles. The highest BCUT2D eigenvalue weighted by Crippen LogP contribution is 2.45. The van der Waals surface area contributed by atoms with Crippen LogP contribution < -0.4 is 4.90 Å². The molecule has 3 heteroatoms. The minimum absolute atomic E-state index is 0.873.